The Balaban J connectivity index is 1.60. The summed E-state index contributed by atoms with van der Waals surface area (Å²) >= 11 is 0. The highest BCUT2D eigenvalue weighted by molar-refractivity contribution is 5.77. The van der Waals surface area contributed by atoms with E-state index in [1.165, 1.54) is 0 Å². The first-order chi connectivity index (χ1) is 11.3. The molecule has 0 bridgehead atoms. The topological polar surface area (TPSA) is 79.7 Å². The quantitative estimate of drug-likeness (QED) is 0.801. The van der Waals surface area contributed by atoms with E-state index in [4.69, 9.17) is 0 Å². The number of H-pyrrole nitrogens is 1. The summed E-state index contributed by atoms with van der Waals surface area (Å²) in [5.74, 6) is 0.929. The lowest BCUT2D eigenvalue weighted by atomic mass is 10.0. The molecule has 4 rings (SSSR count). The summed E-state index contributed by atoms with van der Waals surface area (Å²) in [6.07, 6.45) is 6.36. The zero-order valence-electron chi connectivity index (χ0n) is 12.7. The lowest BCUT2D eigenvalue weighted by Gasteiger charge is -2.34. The lowest BCUT2D eigenvalue weighted by molar-refractivity contribution is -0.136. The molecule has 1 aliphatic rings. The van der Waals surface area contributed by atoms with Crippen LogP contribution in [0.15, 0.2) is 36.7 Å². The zero-order chi connectivity index (χ0) is 15.6. The number of benzene rings is 1. The number of likely N-dealkylation sites (tertiary alicyclic amines) is 1. The predicted octanol–water partition coefficient (Wildman–Crippen LogP) is 1.91. The summed E-state index contributed by atoms with van der Waals surface area (Å²) in [5.41, 5.74) is 1.95. The minimum atomic E-state index is 0.00664. The Hall–Kier alpha value is -2.70. The highest BCUT2D eigenvalue weighted by Gasteiger charge is 2.30. The van der Waals surface area contributed by atoms with E-state index >= 15 is 0 Å². The average Bonchev–Trinajstić information content (AvgIpc) is 3.23. The van der Waals surface area contributed by atoms with Crippen LogP contribution in [0.1, 0.15) is 31.1 Å². The summed E-state index contributed by atoms with van der Waals surface area (Å²) in [5, 5.41) is 7.63. The summed E-state index contributed by atoms with van der Waals surface area (Å²) < 4.78 is 1.56. The number of nitrogens with one attached hydrogen (secondary N) is 1. The third-order valence-corrected chi connectivity index (χ3v) is 4.32. The Morgan fingerprint density at radius 1 is 1.30 bits per heavy atom. The number of para-hydroxylation sites is 2. The Labute approximate surface area is 133 Å². The summed E-state index contributed by atoms with van der Waals surface area (Å²) in [7, 11) is 0. The van der Waals surface area contributed by atoms with Gasteiger partial charge in [0.15, 0.2) is 0 Å². The maximum atomic E-state index is 12.7. The van der Waals surface area contributed by atoms with Crippen LogP contribution in [0.4, 0.5) is 0 Å². The first-order valence-corrected chi connectivity index (χ1v) is 7.89. The van der Waals surface area contributed by atoms with Crippen molar-refractivity contribution in [2.45, 2.75) is 31.8 Å². The lowest BCUT2D eigenvalue weighted by Crippen LogP contribution is -2.40. The second kappa shape index (κ2) is 5.83. The van der Waals surface area contributed by atoms with E-state index in [1.807, 2.05) is 29.2 Å². The monoisotopic (exact) mass is 310 g/mol. The smallest absolute Gasteiger partial charge is 0.244 e. The molecule has 1 N–H and O–H groups in total. The van der Waals surface area contributed by atoms with Crippen LogP contribution in [-0.2, 0) is 11.3 Å². The fourth-order valence-electron chi connectivity index (χ4n) is 3.19. The predicted molar refractivity (Wildman–Crippen MR) is 84.4 cm³/mol. The molecule has 0 spiro atoms. The van der Waals surface area contributed by atoms with Crippen LogP contribution in [0.2, 0.25) is 0 Å². The van der Waals surface area contributed by atoms with Crippen molar-refractivity contribution in [1.29, 1.82) is 0 Å². The van der Waals surface area contributed by atoms with E-state index in [2.05, 4.69) is 20.3 Å². The van der Waals surface area contributed by atoms with Gasteiger partial charge >= 0.3 is 0 Å². The number of hydrogen-bond acceptors (Lipinski definition) is 4. The van der Waals surface area contributed by atoms with Gasteiger partial charge in [0, 0.05) is 12.7 Å². The van der Waals surface area contributed by atoms with Crippen molar-refractivity contribution in [2.75, 3.05) is 6.54 Å². The molecule has 2 aromatic heterocycles. The number of nitrogens with zero attached hydrogens (tertiary/aromatic N) is 5. The molecular formula is C16H18N6O. The third-order valence-electron chi connectivity index (χ3n) is 4.32. The number of aromatic amines is 1. The zero-order valence-corrected chi connectivity index (χ0v) is 12.7. The number of hydrogen-bond donors (Lipinski definition) is 1. The van der Waals surface area contributed by atoms with Gasteiger partial charge in [0.1, 0.15) is 12.4 Å². The molecule has 23 heavy (non-hydrogen) atoms. The van der Waals surface area contributed by atoms with Crippen molar-refractivity contribution < 1.29 is 4.79 Å². The molecule has 118 valence electrons. The van der Waals surface area contributed by atoms with Gasteiger partial charge in [0.2, 0.25) is 5.91 Å². The maximum Gasteiger partial charge on any atom is 0.244 e. The van der Waals surface area contributed by atoms with E-state index < -0.39 is 0 Å². The van der Waals surface area contributed by atoms with Crippen LogP contribution in [0.5, 0.6) is 0 Å². The minimum absolute atomic E-state index is 0.00664. The number of rotatable bonds is 3. The second-order valence-electron chi connectivity index (χ2n) is 5.84. The number of carbonyl (C=O) groups is 1. The average molecular weight is 310 g/mol. The van der Waals surface area contributed by atoms with Gasteiger partial charge in [0.25, 0.3) is 0 Å². The molecule has 3 heterocycles. The van der Waals surface area contributed by atoms with Gasteiger partial charge in [-0.3, -0.25) is 4.79 Å². The van der Waals surface area contributed by atoms with Crippen LogP contribution in [0.25, 0.3) is 11.0 Å². The maximum absolute atomic E-state index is 12.7. The van der Waals surface area contributed by atoms with Crippen LogP contribution in [0.3, 0.4) is 0 Å². The van der Waals surface area contributed by atoms with Gasteiger partial charge in [-0.15, -0.1) is 5.10 Å². The van der Waals surface area contributed by atoms with Crippen molar-refractivity contribution in [2.24, 2.45) is 0 Å². The number of amides is 1. The van der Waals surface area contributed by atoms with Crippen molar-refractivity contribution >= 4 is 16.9 Å². The van der Waals surface area contributed by atoms with E-state index in [-0.39, 0.29) is 18.5 Å². The standard InChI is InChI=1S/C16H18N6O/c23-15(11-21-10-8-17-20-21)22-9-4-3-7-14(22)16-18-12-5-1-2-6-13(12)19-16/h1-2,5-6,8,10,14H,3-4,7,9,11H2,(H,18,19). The molecule has 1 amide bonds. The van der Waals surface area contributed by atoms with Gasteiger partial charge in [-0.25, -0.2) is 9.67 Å². The molecule has 0 aliphatic carbocycles. The number of piperidine rings is 1. The molecule has 1 unspecified atom stereocenters. The molecule has 1 fully saturated rings. The SMILES string of the molecule is O=C(Cn1ccnn1)N1CCCCC1c1nc2ccccc2[nH]1. The van der Waals surface area contributed by atoms with E-state index in [1.54, 1.807) is 17.1 Å². The molecule has 3 aromatic rings. The highest BCUT2D eigenvalue weighted by atomic mass is 16.2. The molecule has 0 saturated carbocycles. The molecule has 1 aromatic carbocycles. The molecule has 1 atom stereocenters. The number of imidazole rings is 1. The molecular weight excluding hydrogens is 292 g/mol. The Bertz CT molecular complexity index is 776. The van der Waals surface area contributed by atoms with Crippen molar-refractivity contribution in [3.63, 3.8) is 0 Å². The van der Waals surface area contributed by atoms with Crippen LogP contribution in [0, 0.1) is 0 Å². The van der Waals surface area contributed by atoms with E-state index in [0.717, 1.165) is 42.7 Å². The number of aromatic nitrogens is 5. The van der Waals surface area contributed by atoms with Gasteiger partial charge < -0.3 is 9.88 Å². The third kappa shape index (κ3) is 2.69. The normalized spacial score (nSPS) is 18.4. The van der Waals surface area contributed by atoms with Crippen LogP contribution in [-0.4, -0.2) is 42.3 Å². The molecule has 7 nitrogen and oxygen atoms in total. The van der Waals surface area contributed by atoms with Crippen molar-refractivity contribution in [3.05, 3.63) is 42.5 Å². The Morgan fingerprint density at radius 3 is 3.04 bits per heavy atom. The summed E-state index contributed by atoms with van der Waals surface area (Å²) in [6.45, 7) is 0.978. The van der Waals surface area contributed by atoms with Gasteiger partial charge in [-0.2, -0.15) is 0 Å². The molecule has 1 aliphatic heterocycles. The molecule has 0 radical (unpaired) electrons. The van der Waals surface area contributed by atoms with Gasteiger partial charge in [-0.1, -0.05) is 17.3 Å². The minimum Gasteiger partial charge on any atom is -0.340 e. The van der Waals surface area contributed by atoms with E-state index in [0.29, 0.717) is 0 Å². The second-order valence-corrected chi connectivity index (χ2v) is 5.84. The van der Waals surface area contributed by atoms with Crippen molar-refractivity contribution in [3.8, 4) is 0 Å². The van der Waals surface area contributed by atoms with Gasteiger partial charge in [-0.05, 0) is 31.4 Å². The first-order valence-electron chi connectivity index (χ1n) is 7.89. The Morgan fingerprint density at radius 2 is 2.22 bits per heavy atom. The number of carbonyl (C=O) groups excluding carboxylic acids is 1. The molecule has 1 saturated heterocycles. The largest absolute Gasteiger partial charge is 0.340 e. The summed E-state index contributed by atoms with van der Waals surface area (Å²) in [6, 6.07) is 7.96. The number of fused-ring (bicyclic) bond motifs is 1. The summed E-state index contributed by atoms with van der Waals surface area (Å²) in [4.78, 5) is 22.6. The van der Waals surface area contributed by atoms with Crippen LogP contribution < -0.4 is 0 Å². The fraction of sp³-hybridized carbons (Fsp3) is 0.375. The van der Waals surface area contributed by atoms with Crippen molar-refractivity contribution in [1.82, 2.24) is 29.9 Å². The highest BCUT2D eigenvalue weighted by Crippen LogP contribution is 2.30. The molecule has 7 heteroatoms. The Kier molecular flexibility index (Phi) is 3.53. The van der Waals surface area contributed by atoms with E-state index in [9.17, 15) is 4.79 Å². The fourth-order valence-corrected chi connectivity index (χ4v) is 3.19. The van der Waals surface area contributed by atoms with Gasteiger partial charge in [0.05, 0.1) is 23.3 Å². The first kappa shape index (κ1) is 13.9. The van der Waals surface area contributed by atoms with Crippen LogP contribution >= 0.6 is 0 Å².